The summed E-state index contributed by atoms with van der Waals surface area (Å²) < 4.78 is 5.87. The Bertz CT molecular complexity index is 395. The van der Waals surface area contributed by atoms with E-state index in [4.69, 9.17) is 4.74 Å². The summed E-state index contributed by atoms with van der Waals surface area (Å²) in [5.41, 5.74) is -0.722. The number of hydrogen-bond acceptors (Lipinski definition) is 4. The second-order valence-electron chi connectivity index (χ2n) is 6.61. The number of ketones is 1. The molecule has 18 heavy (non-hydrogen) atoms. The van der Waals surface area contributed by atoms with Crippen LogP contribution in [0.25, 0.3) is 0 Å². The first-order valence-electron chi connectivity index (χ1n) is 6.89. The summed E-state index contributed by atoms with van der Waals surface area (Å²) in [4.78, 5) is 12.0. The largest absolute Gasteiger partial charge is 0.392 e. The SMILES string of the molecule is CC(=O)C1C(O)CCC23OC2C(O)CC(C)C13C. The third-order valence-electron chi connectivity index (χ3n) is 5.90. The lowest BCUT2D eigenvalue weighted by molar-refractivity contribution is -0.151. The minimum atomic E-state index is -0.569. The molecule has 2 N–H and O–H groups in total. The van der Waals surface area contributed by atoms with E-state index in [0.717, 1.165) is 6.42 Å². The highest BCUT2D eigenvalue weighted by atomic mass is 16.6. The molecule has 0 bridgehead atoms. The number of rotatable bonds is 1. The standard InChI is InChI=1S/C14H22O4/c1-7-6-10(17)12-14(18-12)5-4-9(16)11(8(2)15)13(7,14)3/h7,9-12,16-17H,4-6H2,1-3H3. The molecule has 102 valence electrons. The van der Waals surface area contributed by atoms with Crippen LogP contribution in [0.15, 0.2) is 0 Å². The van der Waals surface area contributed by atoms with Crippen molar-refractivity contribution < 1.29 is 19.7 Å². The molecule has 4 heteroatoms. The van der Waals surface area contributed by atoms with E-state index in [2.05, 4.69) is 13.8 Å². The molecule has 1 saturated heterocycles. The van der Waals surface area contributed by atoms with Gasteiger partial charge in [-0.1, -0.05) is 13.8 Å². The number of carbonyl (C=O) groups excluding carboxylic acids is 1. The first-order chi connectivity index (χ1) is 8.34. The molecule has 1 spiro atoms. The number of epoxide rings is 1. The Balaban J connectivity index is 2.05. The van der Waals surface area contributed by atoms with Gasteiger partial charge < -0.3 is 14.9 Å². The molecule has 1 heterocycles. The van der Waals surface area contributed by atoms with Crippen LogP contribution in [0.2, 0.25) is 0 Å². The molecule has 0 aromatic carbocycles. The lowest BCUT2D eigenvalue weighted by Crippen LogP contribution is -2.61. The lowest BCUT2D eigenvalue weighted by atomic mass is 9.49. The van der Waals surface area contributed by atoms with Crippen LogP contribution in [-0.2, 0) is 9.53 Å². The van der Waals surface area contributed by atoms with Crippen LogP contribution in [0.5, 0.6) is 0 Å². The summed E-state index contributed by atoms with van der Waals surface area (Å²) in [6.07, 6.45) is 0.875. The Hall–Kier alpha value is -0.450. The molecule has 3 rings (SSSR count). The van der Waals surface area contributed by atoms with Gasteiger partial charge in [0, 0.05) is 5.41 Å². The number of Topliss-reactive ketones (excluding diaryl/α,β-unsaturated/α-hetero) is 1. The van der Waals surface area contributed by atoms with Gasteiger partial charge in [-0.15, -0.1) is 0 Å². The fourth-order valence-corrected chi connectivity index (χ4v) is 4.83. The Morgan fingerprint density at radius 2 is 2.00 bits per heavy atom. The van der Waals surface area contributed by atoms with Crippen molar-refractivity contribution in [2.24, 2.45) is 17.3 Å². The normalized spacial score (nSPS) is 58.6. The van der Waals surface area contributed by atoms with Crippen molar-refractivity contribution >= 4 is 5.78 Å². The average molecular weight is 254 g/mol. The number of ether oxygens (including phenoxy) is 1. The highest BCUT2D eigenvalue weighted by Crippen LogP contribution is 2.68. The van der Waals surface area contributed by atoms with E-state index < -0.39 is 12.2 Å². The smallest absolute Gasteiger partial charge is 0.136 e. The zero-order chi connectivity index (χ0) is 13.3. The zero-order valence-corrected chi connectivity index (χ0v) is 11.2. The molecular weight excluding hydrogens is 232 g/mol. The fourth-order valence-electron chi connectivity index (χ4n) is 4.83. The molecule has 3 aliphatic rings. The van der Waals surface area contributed by atoms with Crippen LogP contribution < -0.4 is 0 Å². The van der Waals surface area contributed by atoms with Gasteiger partial charge in [-0.3, -0.25) is 4.79 Å². The van der Waals surface area contributed by atoms with Gasteiger partial charge in [-0.25, -0.2) is 0 Å². The predicted molar refractivity (Wildman–Crippen MR) is 64.9 cm³/mol. The summed E-state index contributed by atoms with van der Waals surface area (Å²) in [6, 6.07) is 0. The van der Waals surface area contributed by atoms with E-state index in [1.165, 1.54) is 0 Å². The van der Waals surface area contributed by atoms with Crippen LogP contribution in [0.1, 0.15) is 40.0 Å². The molecule has 0 amide bonds. The zero-order valence-electron chi connectivity index (χ0n) is 11.2. The quantitative estimate of drug-likeness (QED) is 0.682. The molecule has 3 fully saturated rings. The van der Waals surface area contributed by atoms with Gasteiger partial charge in [-0.2, -0.15) is 0 Å². The minimum Gasteiger partial charge on any atom is -0.392 e. The molecule has 1 aliphatic heterocycles. The summed E-state index contributed by atoms with van der Waals surface area (Å²) in [7, 11) is 0. The molecule has 7 unspecified atom stereocenters. The van der Waals surface area contributed by atoms with Gasteiger partial charge in [0.2, 0.25) is 0 Å². The summed E-state index contributed by atoms with van der Waals surface area (Å²) in [6.45, 7) is 5.70. The molecule has 0 aromatic heterocycles. The summed E-state index contributed by atoms with van der Waals surface area (Å²) in [5, 5.41) is 20.3. The highest BCUT2D eigenvalue weighted by Gasteiger charge is 2.77. The predicted octanol–water partition coefficient (Wildman–Crippen LogP) is 0.891. The van der Waals surface area contributed by atoms with Crippen LogP contribution in [0.4, 0.5) is 0 Å². The van der Waals surface area contributed by atoms with Gasteiger partial charge in [0.15, 0.2) is 0 Å². The third kappa shape index (κ3) is 1.24. The minimum absolute atomic E-state index is 0.0431. The van der Waals surface area contributed by atoms with E-state index >= 15 is 0 Å². The average Bonchev–Trinajstić information content (AvgIpc) is 2.99. The first kappa shape index (κ1) is 12.6. The number of aliphatic hydroxyl groups excluding tert-OH is 2. The molecule has 2 saturated carbocycles. The van der Waals surface area contributed by atoms with Crippen molar-refractivity contribution in [3.8, 4) is 0 Å². The Labute approximate surface area is 107 Å². The van der Waals surface area contributed by atoms with Gasteiger partial charge in [0.25, 0.3) is 0 Å². The van der Waals surface area contributed by atoms with Crippen molar-refractivity contribution in [3.05, 3.63) is 0 Å². The van der Waals surface area contributed by atoms with Gasteiger partial charge in [0.05, 0.1) is 18.1 Å². The second kappa shape index (κ2) is 3.56. The summed E-state index contributed by atoms with van der Waals surface area (Å²) in [5.74, 6) is -0.143. The van der Waals surface area contributed by atoms with Gasteiger partial charge in [0.1, 0.15) is 17.5 Å². The van der Waals surface area contributed by atoms with Crippen molar-refractivity contribution in [2.75, 3.05) is 0 Å². The number of aliphatic hydroxyl groups is 2. The Morgan fingerprint density at radius 1 is 1.33 bits per heavy atom. The molecule has 0 aromatic rings. The molecule has 7 atom stereocenters. The third-order valence-corrected chi connectivity index (χ3v) is 5.90. The van der Waals surface area contributed by atoms with Crippen LogP contribution >= 0.6 is 0 Å². The Kier molecular flexibility index (Phi) is 2.48. The van der Waals surface area contributed by atoms with Crippen LogP contribution in [0.3, 0.4) is 0 Å². The van der Waals surface area contributed by atoms with Gasteiger partial charge >= 0.3 is 0 Å². The lowest BCUT2D eigenvalue weighted by Gasteiger charge is -2.53. The maximum absolute atomic E-state index is 12.0. The molecular formula is C14H22O4. The number of carbonyl (C=O) groups is 1. The topological polar surface area (TPSA) is 70.1 Å². The van der Waals surface area contributed by atoms with Crippen LogP contribution in [-0.4, -0.2) is 39.9 Å². The first-order valence-corrected chi connectivity index (χ1v) is 6.89. The molecule has 4 nitrogen and oxygen atoms in total. The molecule has 0 radical (unpaired) electrons. The monoisotopic (exact) mass is 254 g/mol. The van der Waals surface area contributed by atoms with Crippen molar-refractivity contribution in [2.45, 2.75) is 63.9 Å². The van der Waals surface area contributed by atoms with E-state index in [1.807, 2.05) is 0 Å². The van der Waals surface area contributed by atoms with Crippen LogP contribution in [0, 0.1) is 17.3 Å². The van der Waals surface area contributed by atoms with Crippen molar-refractivity contribution in [3.63, 3.8) is 0 Å². The van der Waals surface area contributed by atoms with E-state index in [0.29, 0.717) is 12.8 Å². The maximum Gasteiger partial charge on any atom is 0.136 e. The maximum atomic E-state index is 12.0. The molecule has 2 aliphatic carbocycles. The fraction of sp³-hybridized carbons (Fsp3) is 0.929. The van der Waals surface area contributed by atoms with Gasteiger partial charge in [-0.05, 0) is 32.1 Å². The highest BCUT2D eigenvalue weighted by molar-refractivity contribution is 5.80. The summed E-state index contributed by atoms with van der Waals surface area (Å²) >= 11 is 0. The van der Waals surface area contributed by atoms with E-state index in [9.17, 15) is 15.0 Å². The van der Waals surface area contributed by atoms with Crippen molar-refractivity contribution in [1.82, 2.24) is 0 Å². The second-order valence-corrected chi connectivity index (χ2v) is 6.61. The van der Waals surface area contributed by atoms with E-state index in [1.54, 1.807) is 6.92 Å². The van der Waals surface area contributed by atoms with Crippen molar-refractivity contribution in [1.29, 1.82) is 0 Å². The number of hydrogen-bond donors (Lipinski definition) is 2. The van der Waals surface area contributed by atoms with E-state index in [-0.39, 0.29) is 34.7 Å². The Morgan fingerprint density at radius 3 is 2.61 bits per heavy atom.